The molecular weight excluding hydrogens is 240 g/mol. The van der Waals surface area contributed by atoms with Gasteiger partial charge in [0.1, 0.15) is 0 Å². The van der Waals surface area contributed by atoms with Gasteiger partial charge in [0, 0.05) is 0 Å². The van der Waals surface area contributed by atoms with E-state index in [4.69, 9.17) is 4.74 Å². The summed E-state index contributed by atoms with van der Waals surface area (Å²) >= 11 is 0. The van der Waals surface area contributed by atoms with Crippen molar-refractivity contribution in [3.8, 4) is 0 Å². The van der Waals surface area contributed by atoms with Crippen LogP contribution in [0.1, 0.15) is 36.0 Å². The van der Waals surface area contributed by atoms with E-state index in [0.717, 1.165) is 19.3 Å². The monoisotopic (exact) mass is 260 g/mol. The third-order valence-corrected chi connectivity index (χ3v) is 5.13. The van der Waals surface area contributed by atoms with E-state index in [1.54, 1.807) is 0 Å². The number of hydrogen-bond donors (Lipinski definition) is 1. The van der Waals surface area contributed by atoms with Gasteiger partial charge < -0.3 is 9.84 Å². The second-order valence-corrected chi connectivity index (χ2v) is 6.13. The van der Waals surface area contributed by atoms with Gasteiger partial charge in [0.15, 0.2) is 0 Å². The molecule has 1 N–H and O–H groups in total. The highest BCUT2D eigenvalue weighted by Crippen LogP contribution is 2.59. The van der Waals surface area contributed by atoms with Gasteiger partial charge in [-0.3, -0.25) is 4.79 Å². The second kappa shape index (κ2) is 4.07. The molecule has 3 nitrogen and oxygen atoms in total. The lowest BCUT2D eigenvalue weighted by Crippen LogP contribution is -2.65. The van der Waals surface area contributed by atoms with E-state index in [1.165, 1.54) is 16.7 Å². The minimum absolute atomic E-state index is 0.311. The van der Waals surface area contributed by atoms with Crippen LogP contribution in [0.3, 0.4) is 0 Å². The van der Waals surface area contributed by atoms with Crippen molar-refractivity contribution >= 4 is 5.97 Å². The summed E-state index contributed by atoms with van der Waals surface area (Å²) in [5.41, 5.74) is 2.66. The van der Waals surface area contributed by atoms with Gasteiger partial charge in [0.2, 0.25) is 0 Å². The molecule has 1 aromatic carbocycles. The van der Waals surface area contributed by atoms with Crippen molar-refractivity contribution in [1.29, 1.82) is 0 Å². The molecule has 2 fully saturated rings. The molecule has 1 heterocycles. The molecule has 0 radical (unpaired) electrons. The topological polar surface area (TPSA) is 46.5 Å². The number of ether oxygens (including phenoxy) is 1. The Balaban J connectivity index is 2.11. The van der Waals surface area contributed by atoms with Crippen LogP contribution in [0.15, 0.2) is 18.2 Å². The van der Waals surface area contributed by atoms with Crippen LogP contribution in [0, 0.1) is 19.3 Å². The molecule has 1 saturated heterocycles. The number of carboxylic acids is 1. The smallest absolute Gasteiger partial charge is 0.310 e. The Hall–Kier alpha value is -1.35. The number of benzene rings is 1. The molecule has 0 bridgehead atoms. The lowest BCUT2D eigenvalue weighted by Gasteiger charge is -2.58. The van der Waals surface area contributed by atoms with Crippen molar-refractivity contribution in [2.75, 3.05) is 13.2 Å². The SMILES string of the molecule is Cc1ccc(C2(C3(C(=O)O)CCC3)COC2)c(C)c1. The van der Waals surface area contributed by atoms with Crippen LogP contribution < -0.4 is 0 Å². The van der Waals surface area contributed by atoms with Crippen molar-refractivity contribution in [2.24, 2.45) is 5.41 Å². The zero-order valence-corrected chi connectivity index (χ0v) is 11.5. The molecule has 0 aromatic heterocycles. The normalized spacial score (nSPS) is 23.3. The van der Waals surface area contributed by atoms with E-state index in [1.807, 2.05) is 0 Å². The van der Waals surface area contributed by atoms with Crippen molar-refractivity contribution in [1.82, 2.24) is 0 Å². The number of aryl methyl sites for hydroxylation is 2. The van der Waals surface area contributed by atoms with Gasteiger partial charge in [-0.1, -0.05) is 30.2 Å². The minimum Gasteiger partial charge on any atom is -0.481 e. The minimum atomic E-state index is -0.651. The van der Waals surface area contributed by atoms with Crippen LogP contribution in [0.4, 0.5) is 0 Å². The van der Waals surface area contributed by atoms with Gasteiger partial charge >= 0.3 is 5.97 Å². The average Bonchev–Trinajstić information content (AvgIpc) is 2.21. The fourth-order valence-electron chi connectivity index (χ4n) is 3.77. The Morgan fingerprint density at radius 2 is 1.95 bits per heavy atom. The second-order valence-electron chi connectivity index (χ2n) is 6.13. The van der Waals surface area contributed by atoms with Gasteiger partial charge in [-0.25, -0.2) is 0 Å². The highest BCUT2D eigenvalue weighted by molar-refractivity contribution is 5.79. The highest BCUT2D eigenvalue weighted by atomic mass is 16.5. The summed E-state index contributed by atoms with van der Waals surface area (Å²) in [7, 11) is 0. The average molecular weight is 260 g/mol. The molecule has 1 aliphatic heterocycles. The molecule has 19 heavy (non-hydrogen) atoms. The molecular formula is C16H20O3. The summed E-state index contributed by atoms with van der Waals surface area (Å²) in [6.07, 6.45) is 2.57. The predicted octanol–water partition coefficient (Wildman–Crippen LogP) is 2.83. The van der Waals surface area contributed by atoms with E-state index >= 15 is 0 Å². The fraction of sp³-hybridized carbons (Fsp3) is 0.562. The standard InChI is InChI=1S/C16H20O3/c1-11-4-5-13(12(2)8-11)16(9-19-10-16)15(14(17)18)6-3-7-15/h4-5,8H,3,6-7,9-10H2,1-2H3,(H,17,18). The lowest BCUT2D eigenvalue weighted by molar-refractivity contribution is -0.192. The summed E-state index contributed by atoms with van der Waals surface area (Å²) < 4.78 is 5.45. The maximum absolute atomic E-state index is 11.8. The van der Waals surface area contributed by atoms with Crippen LogP contribution >= 0.6 is 0 Å². The summed E-state index contributed by atoms with van der Waals surface area (Å²) in [6.45, 7) is 5.24. The molecule has 1 saturated carbocycles. The zero-order chi connectivity index (χ0) is 13.7. The zero-order valence-electron chi connectivity index (χ0n) is 11.5. The van der Waals surface area contributed by atoms with E-state index < -0.39 is 11.4 Å². The molecule has 0 unspecified atom stereocenters. The number of aliphatic carboxylic acids is 1. The molecule has 102 valence electrons. The quantitative estimate of drug-likeness (QED) is 0.909. The first-order valence-electron chi connectivity index (χ1n) is 6.91. The van der Waals surface area contributed by atoms with E-state index in [9.17, 15) is 9.90 Å². The van der Waals surface area contributed by atoms with Crippen molar-refractivity contribution in [3.05, 3.63) is 34.9 Å². The van der Waals surface area contributed by atoms with Crippen molar-refractivity contribution in [3.63, 3.8) is 0 Å². The summed E-state index contributed by atoms with van der Waals surface area (Å²) in [6, 6.07) is 6.33. The Morgan fingerprint density at radius 3 is 2.32 bits per heavy atom. The van der Waals surface area contributed by atoms with Crippen LogP contribution in [0.25, 0.3) is 0 Å². The molecule has 3 heteroatoms. The van der Waals surface area contributed by atoms with E-state index in [-0.39, 0.29) is 5.41 Å². The Bertz CT molecular complexity index is 525. The predicted molar refractivity (Wildman–Crippen MR) is 72.3 cm³/mol. The van der Waals surface area contributed by atoms with Gasteiger partial charge in [-0.15, -0.1) is 0 Å². The first-order valence-corrected chi connectivity index (χ1v) is 6.91. The van der Waals surface area contributed by atoms with Gasteiger partial charge in [-0.2, -0.15) is 0 Å². The third-order valence-electron chi connectivity index (χ3n) is 5.13. The number of hydrogen-bond acceptors (Lipinski definition) is 2. The maximum Gasteiger partial charge on any atom is 0.310 e. The third kappa shape index (κ3) is 1.51. The Kier molecular flexibility index (Phi) is 2.72. The maximum atomic E-state index is 11.8. The van der Waals surface area contributed by atoms with Gasteiger partial charge in [0.25, 0.3) is 0 Å². The van der Waals surface area contributed by atoms with Crippen molar-refractivity contribution < 1.29 is 14.6 Å². The van der Waals surface area contributed by atoms with Crippen molar-refractivity contribution in [2.45, 2.75) is 38.5 Å². The first-order chi connectivity index (χ1) is 9.02. The molecule has 2 aliphatic rings. The Morgan fingerprint density at radius 1 is 1.26 bits per heavy atom. The largest absolute Gasteiger partial charge is 0.481 e. The number of carboxylic acid groups (broad SMARTS) is 1. The summed E-state index contributed by atoms with van der Waals surface area (Å²) in [5.74, 6) is -0.651. The van der Waals surface area contributed by atoms with Crippen LogP contribution in [0.2, 0.25) is 0 Å². The Labute approximate surface area is 113 Å². The van der Waals surface area contributed by atoms with Gasteiger partial charge in [0.05, 0.1) is 24.0 Å². The number of rotatable bonds is 3. The lowest BCUT2D eigenvalue weighted by atomic mass is 9.49. The molecule has 0 atom stereocenters. The summed E-state index contributed by atoms with van der Waals surface area (Å²) in [4.78, 5) is 11.8. The molecule has 0 amide bonds. The van der Waals surface area contributed by atoms with E-state index in [0.29, 0.717) is 13.2 Å². The highest BCUT2D eigenvalue weighted by Gasteiger charge is 2.64. The molecule has 1 aromatic rings. The molecule has 1 aliphatic carbocycles. The van der Waals surface area contributed by atoms with Gasteiger partial charge in [-0.05, 0) is 37.8 Å². The number of carbonyl (C=O) groups is 1. The molecule has 0 spiro atoms. The molecule has 3 rings (SSSR count). The van der Waals surface area contributed by atoms with Crippen LogP contribution in [0.5, 0.6) is 0 Å². The van der Waals surface area contributed by atoms with E-state index in [2.05, 4.69) is 32.0 Å². The first kappa shape index (κ1) is 12.7. The van der Waals surface area contributed by atoms with Crippen LogP contribution in [-0.2, 0) is 14.9 Å². The fourth-order valence-corrected chi connectivity index (χ4v) is 3.77. The van der Waals surface area contributed by atoms with Crippen LogP contribution in [-0.4, -0.2) is 24.3 Å². The summed E-state index contributed by atoms with van der Waals surface area (Å²) in [5, 5.41) is 9.74.